The van der Waals surface area contributed by atoms with Gasteiger partial charge in [0.25, 0.3) is 0 Å². The number of nitrogens with one attached hydrogen (secondary N) is 2. The number of hydrogen-bond donors (Lipinski definition) is 2. The number of benzene rings is 1. The predicted octanol–water partition coefficient (Wildman–Crippen LogP) is 3.12. The molecule has 1 aliphatic heterocycles. The average Bonchev–Trinajstić information content (AvgIpc) is 2.47. The normalized spacial score (nSPS) is 17.9. The molecule has 1 aromatic rings. The molecule has 118 valence electrons. The Balaban J connectivity index is 0.00000220. The number of anilines is 1. The van der Waals surface area contributed by atoms with Crippen molar-refractivity contribution >= 4 is 24.0 Å². The van der Waals surface area contributed by atoms with E-state index in [0.717, 1.165) is 38.1 Å². The minimum Gasteiger partial charge on any atom is -0.378 e. The zero-order valence-corrected chi connectivity index (χ0v) is 13.4. The van der Waals surface area contributed by atoms with Crippen molar-refractivity contribution in [2.45, 2.75) is 44.8 Å². The smallest absolute Gasteiger partial charge is 0.224 e. The summed E-state index contributed by atoms with van der Waals surface area (Å²) in [5.41, 5.74) is 2.04. The van der Waals surface area contributed by atoms with Crippen LogP contribution in [-0.2, 0) is 16.1 Å². The SMILES string of the molecule is CNCc1cccc(NC(=O)CCC2CCCCO2)c1.Cl. The minimum absolute atomic E-state index is 0. The summed E-state index contributed by atoms with van der Waals surface area (Å²) in [4.78, 5) is 11.9. The fourth-order valence-corrected chi connectivity index (χ4v) is 2.51. The van der Waals surface area contributed by atoms with Gasteiger partial charge in [-0.05, 0) is 50.4 Å². The van der Waals surface area contributed by atoms with Gasteiger partial charge in [-0.2, -0.15) is 0 Å². The van der Waals surface area contributed by atoms with Crippen molar-refractivity contribution in [3.63, 3.8) is 0 Å². The van der Waals surface area contributed by atoms with Crippen LogP contribution in [0.25, 0.3) is 0 Å². The molecule has 0 aromatic heterocycles. The van der Waals surface area contributed by atoms with Crippen LogP contribution in [0.15, 0.2) is 24.3 Å². The monoisotopic (exact) mass is 312 g/mol. The Bertz CT molecular complexity index is 434. The van der Waals surface area contributed by atoms with Crippen LogP contribution < -0.4 is 10.6 Å². The number of rotatable bonds is 6. The zero-order chi connectivity index (χ0) is 14.2. The van der Waals surface area contributed by atoms with Crippen LogP contribution >= 0.6 is 12.4 Å². The van der Waals surface area contributed by atoms with E-state index in [0.29, 0.717) is 6.42 Å². The lowest BCUT2D eigenvalue weighted by molar-refractivity contribution is -0.117. The molecule has 1 saturated heterocycles. The molecule has 2 rings (SSSR count). The predicted molar refractivity (Wildman–Crippen MR) is 87.9 cm³/mol. The Morgan fingerprint density at radius 3 is 2.95 bits per heavy atom. The lowest BCUT2D eigenvalue weighted by atomic mass is 10.0. The molecule has 0 bridgehead atoms. The topological polar surface area (TPSA) is 50.4 Å². The number of hydrogen-bond acceptors (Lipinski definition) is 3. The molecule has 0 radical (unpaired) electrons. The molecular formula is C16H25ClN2O2. The van der Waals surface area contributed by atoms with Crippen LogP contribution in [0.5, 0.6) is 0 Å². The molecule has 1 amide bonds. The molecule has 4 nitrogen and oxygen atoms in total. The van der Waals surface area contributed by atoms with Crippen molar-refractivity contribution in [3.8, 4) is 0 Å². The zero-order valence-electron chi connectivity index (χ0n) is 12.6. The second kappa shape index (κ2) is 9.77. The van der Waals surface area contributed by atoms with Gasteiger partial charge in [-0.3, -0.25) is 4.79 Å². The molecule has 5 heteroatoms. The van der Waals surface area contributed by atoms with E-state index in [-0.39, 0.29) is 24.4 Å². The van der Waals surface area contributed by atoms with E-state index in [1.807, 2.05) is 31.3 Å². The van der Waals surface area contributed by atoms with Gasteiger partial charge < -0.3 is 15.4 Å². The summed E-state index contributed by atoms with van der Waals surface area (Å²) in [5.74, 6) is 0.0702. The molecule has 2 N–H and O–H groups in total. The highest BCUT2D eigenvalue weighted by atomic mass is 35.5. The average molecular weight is 313 g/mol. The molecule has 1 aromatic carbocycles. The summed E-state index contributed by atoms with van der Waals surface area (Å²) in [6.07, 6.45) is 5.08. The van der Waals surface area contributed by atoms with E-state index in [1.54, 1.807) is 0 Å². The summed E-state index contributed by atoms with van der Waals surface area (Å²) in [5, 5.41) is 6.06. The summed E-state index contributed by atoms with van der Waals surface area (Å²) in [7, 11) is 1.91. The lowest BCUT2D eigenvalue weighted by Gasteiger charge is -2.22. The Morgan fingerprint density at radius 1 is 1.38 bits per heavy atom. The summed E-state index contributed by atoms with van der Waals surface area (Å²) in [6.45, 7) is 1.65. The van der Waals surface area contributed by atoms with Crippen molar-refractivity contribution in [3.05, 3.63) is 29.8 Å². The first-order chi connectivity index (χ1) is 9.78. The van der Waals surface area contributed by atoms with E-state index < -0.39 is 0 Å². The molecule has 1 unspecified atom stereocenters. The number of carbonyl (C=O) groups is 1. The maximum absolute atomic E-state index is 11.9. The second-order valence-electron chi connectivity index (χ2n) is 5.31. The third-order valence-electron chi connectivity index (χ3n) is 3.56. The Kier molecular flexibility index (Phi) is 8.35. The van der Waals surface area contributed by atoms with Gasteiger partial charge in [0, 0.05) is 25.3 Å². The number of ether oxygens (including phenoxy) is 1. The lowest BCUT2D eigenvalue weighted by Crippen LogP contribution is -2.21. The fourth-order valence-electron chi connectivity index (χ4n) is 2.51. The molecule has 1 aliphatic rings. The third-order valence-corrected chi connectivity index (χ3v) is 3.56. The molecule has 21 heavy (non-hydrogen) atoms. The molecule has 0 spiro atoms. The van der Waals surface area contributed by atoms with Crippen molar-refractivity contribution in [2.75, 3.05) is 19.0 Å². The van der Waals surface area contributed by atoms with Gasteiger partial charge in [-0.15, -0.1) is 12.4 Å². The molecular weight excluding hydrogens is 288 g/mol. The summed E-state index contributed by atoms with van der Waals surface area (Å²) >= 11 is 0. The Labute approximate surface area is 133 Å². The molecule has 1 heterocycles. The van der Waals surface area contributed by atoms with Crippen LogP contribution in [0.2, 0.25) is 0 Å². The van der Waals surface area contributed by atoms with Gasteiger partial charge in [0.15, 0.2) is 0 Å². The number of carbonyl (C=O) groups excluding carboxylic acids is 1. The first-order valence-corrected chi connectivity index (χ1v) is 7.43. The van der Waals surface area contributed by atoms with Gasteiger partial charge in [-0.25, -0.2) is 0 Å². The van der Waals surface area contributed by atoms with E-state index in [4.69, 9.17) is 4.74 Å². The number of amides is 1. The highest BCUT2D eigenvalue weighted by Gasteiger charge is 2.15. The van der Waals surface area contributed by atoms with Gasteiger partial charge in [0.05, 0.1) is 6.10 Å². The van der Waals surface area contributed by atoms with Crippen molar-refractivity contribution < 1.29 is 9.53 Å². The maximum Gasteiger partial charge on any atom is 0.224 e. The molecule has 0 saturated carbocycles. The molecule has 1 atom stereocenters. The van der Waals surface area contributed by atoms with E-state index in [9.17, 15) is 4.79 Å². The van der Waals surface area contributed by atoms with E-state index in [2.05, 4.69) is 10.6 Å². The Hall–Kier alpha value is -1.10. The molecule has 1 fully saturated rings. The van der Waals surface area contributed by atoms with Crippen molar-refractivity contribution in [1.29, 1.82) is 0 Å². The molecule has 0 aliphatic carbocycles. The Morgan fingerprint density at radius 2 is 2.24 bits per heavy atom. The van der Waals surface area contributed by atoms with Gasteiger partial charge in [0.2, 0.25) is 5.91 Å². The van der Waals surface area contributed by atoms with Gasteiger partial charge in [-0.1, -0.05) is 12.1 Å². The van der Waals surface area contributed by atoms with Crippen molar-refractivity contribution in [1.82, 2.24) is 5.32 Å². The van der Waals surface area contributed by atoms with Crippen LogP contribution in [-0.4, -0.2) is 25.7 Å². The summed E-state index contributed by atoms with van der Waals surface area (Å²) < 4.78 is 5.64. The minimum atomic E-state index is 0. The van der Waals surface area contributed by atoms with Crippen LogP contribution in [0.1, 0.15) is 37.7 Å². The van der Waals surface area contributed by atoms with E-state index >= 15 is 0 Å². The quantitative estimate of drug-likeness (QED) is 0.848. The van der Waals surface area contributed by atoms with Crippen LogP contribution in [0, 0.1) is 0 Å². The maximum atomic E-state index is 11.9. The van der Waals surface area contributed by atoms with Crippen LogP contribution in [0.3, 0.4) is 0 Å². The van der Waals surface area contributed by atoms with Gasteiger partial charge >= 0.3 is 0 Å². The second-order valence-corrected chi connectivity index (χ2v) is 5.31. The third kappa shape index (κ3) is 6.46. The van der Waals surface area contributed by atoms with E-state index in [1.165, 1.54) is 12.0 Å². The van der Waals surface area contributed by atoms with Crippen molar-refractivity contribution in [2.24, 2.45) is 0 Å². The highest BCUT2D eigenvalue weighted by Crippen LogP contribution is 2.17. The standard InChI is InChI=1S/C16H24N2O2.ClH/c1-17-12-13-5-4-6-14(11-13)18-16(19)9-8-15-7-2-3-10-20-15;/h4-6,11,15,17H,2-3,7-10,12H2,1H3,(H,18,19);1H. The van der Waals surface area contributed by atoms with Crippen LogP contribution in [0.4, 0.5) is 5.69 Å². The highest BCUT2D eigenvalue weighted by molar-refractivity contribution is 5.90. The van der Waals surface area contributed by atoms with Gasteiger partial charge in [0.1, 0.15) is 0 Å². The largest absolute Gasteiger partial charge is 0.378 e. The number of halogens is 1. The summed E-state index contributed by atoms with van der Waals surface area (Å²) in [6, 6.07) is 7.94. The fraction of sp³-hybridized carbons (Fsp3) is 0.562. The first kappa shape index (κ1) is 18.0. The first-order valence-electron chi connectivity index (χ1n) is 7.43.